The molecule has 0 saturated carbocycles. The van der Waals surface area contributed by atoms with Gasteiger partial charge in [-0.3, -0.25) is 14.9 Å². The number of amides is 1. The Morgan fingerprint density at radius 1 is 1.22 bits per heavy atom. The number of nitro groups is 1. The van der Waals surface area contributed by atoms with Crippen LogP contribution in [0.25, 0.3) is 0 Å². The van der Waals surface area contributed by atoms with Gasteiger partial charge in [-0.15, -0.1) is 0 Å². The summed E-state index contributed by atoms with van der Waals surface area (Å²) in [5, 5.41) is 16.5. The Morgan fingerprint density at radius 2 is 1.96 bits per heavy atom. The number of hydrogen-bond acceptors (Lipinski definition) is 6. The molecule has 2 rings (SSSR count). The van der Waals surface area contributed by atoms with E-state index in [0.29, 0.717) is 6.54 Å². The van der Waals surface area contributed by atoms with Crippen LogP contribution in [0.4, 0.5) is 25.8 Å². The van der Waals surface area contributed by atoms with Gasteiger partial charge in [0.25, 0.3) is 11.6 Å². The second-order valence-corrected chi connectivity index (χ2v) is 5.22. The minimum atomic E-state index is -3.06. The van der Waals surface area contributed by atoms with Gasteiger partial charge in [0.15, 0.2) is 11.5 Å². The van der Waals surface area contributed by atoms with Crippen molar-refractivity contribution >= 4 is 23.0 Å². The lowest BCUT2D eigenvalue weighted by molar-refractivity contribution is -0.384. The van der Waals surface area contributed by atoms with Crippen LogP contribution in [-0.4, -0.2) is 31.1 Å². The van der Waals surface area contributed by atoms with Gasteiger partial charge in [0.1, 0.15) is 5.69 Å². The predicted molar refractivity (Wildman–Crippen MR) is 94.8 cm³/mol. The van der Waals surface area contributed by atoms with Gasteiger partial charge in [0, 0.05) is 29.9 Å². The smallest absolute Gasteiger partial charge is 0.387 e. The Kier molecular flexibility index (Phi) is 6.47. The van der Waals surface area contributed by atoms with Gasteiger partial charge in [0.05, 0.1) is 12.0 Å². The molecule has 0 unspecified atom stereocenters. The number of nitrogens with one attached hydrogen (secondary N) is 2. The van der Waals surface area contributed by atoms with Gasteiger partial charge in [-0.25, -0.2) is 0 Å². The number of benzene rings is 2. The van der Waals surface area contributed by atoms with Crippen molar-refractivity contribution < 1.29 is 28.0 Å². The number of carbonyl (C=O) groups is 1. The highest BCUT2D eigenvalue weighted by Gasteiger charge is 2.18. The molecule has 0 aromatic heterocycles. The zero-order chi connectivity index (χ0) is 20.0. The molecular weight excluding hydrogens is 364 g/mol. The van der Waals surface area contributed by atoms with Crippen molar-refractivity contribution in [2.75, 3.05) is 24.3 Å². The monoisotopic (exact) mass is 381 g/mol. The standard InChI is InChI=1S/C17H17F2N3O5/c1-3-20-12-6-4-10(8-13(12)22(24)25)16(23)21-11-5-7-14(26-2)15(9-11)27-17(18)19/h4-9,17,20H,3H2,1-2H3,(H,21,23). The average molecular weight is 381 g/mol. The van der Waals surface area contributed by atoms with Gasteiger partial charge in [0.2, 0.25) is 0 Å². The van der Waals surface area contributed by atoms with Crippen molar-refractivity contribution in [1.29, 1.82) is 0 Å². The molecule has 0 spiro atoms. The normalized spacial score (nSPS) is 10.4. The van der Waals surface area contributed by atoms with E-state index in [9.17, 15) is 23.7 Å². The van der Waals surface area contributed by atoms with Crippen LogP contribution in [0.2, 0.25) is 0 Å². The van der Waals surface area contributed by atoms with E-state index < -0.39 is 17.4 Å². The molecule has 0 aliphatic carbocycles. The van der Waals surface area contributed by atoms with Crippen LogP contribution in [0.1, 0.15) is 17.3 Å². The van der Waals surface area contributed by atoms with Crippen molar-refractivity contribution in [3.05, 3.63) is 52.1 Å². The van der Waals surface area contributed by atoms with Crippen LogP contribution >= 0.6 is 0 Å². The van der Waals surface area contributed by atoms with Gasteiger partial charge in [-0.1, -0.05) is 0 Å². The van der Waals surface area contributed by atoms with Crippen molar-refractivity contribution in [2.45, 2.75) is 13.5 Å². The summed E-state index contributed by atoms with van der Waals surface area (Å²) in [5.41, 5.74) is 0.238. The highest BCUT2D eigenvalue weighted by Crippen LogP contribution is 2.32. The van der Waals surface area contributed by atoms with E-state index >= 15 is 0 Å². The highest BCUT2D eigenvalue weighted by atomic mass is 19.3. The molecule has 0 fully saturated rings. The SMILES string of the molecule is CCNc1ccc(C(=O)Nc2ccc(OC)c(OC(F)F)c2)cc1[N+](=O)[O-]. The first kappa shape index (κ1) is 19.9. The lowest BCUT2D eigenvalue weighted by Crippen LogP contribution is -2.13. The van der Waals surface area contributed by atoms with Gasteiger partial charge in [-0.05, 0) is 31.2 Å². The van der Waals surface area contributed by atoms with Crippen LogP contribution < -0.4 is 20.1 Å². The summed E-state index contributed by atoms with van der Waals surface area (Å²) < 4.78 is 34.2. The zero-order valence-corrected chi connectivity index (χ0v) is 14.5. The van der Waals surface area contributed by atoms with Crippen molar-refractivity contribution in [2.24, 2.45) is 0 Å². The number of carbonyl (C=O) groups excluding carboxylic acids is 1. The molecule has 0 heterocycles. The Hall–Kier alpha value is -3.43. The number of hydrogen-bond donors (Lipinski definition) is 2. The maximum absolute atomic E-state index is 12.5. The van der Waals surface area contributed by atoms with Crippen molar-refractivity contribution in [1.82, 2.24) is 0 Å². The summed E-state index contributed by atoms with van der Waals surface area (Å²) in [4.78, 5) is 23.0. The largest absolute Gasteiger partial charge is 0.493 e. The number of rotatable bonds is 8. The Bertz CT molecular complexity index is 845. The fourth-order valence-corrected chi connectivity index (χ4v) is 2.31. The molecule has 0 radical (unpaired) electrons. The molecule has 2 aromatic carbocycles. The van der Waals surface area contributed by atoms with Gasteiger partial charge in [-0.2, -0.15) is 8.78 Å². The van der Waals surface area contributed by atoms with E-state index in [1.165, 1.54) is 37.4 Å². The molecule has 0 aliphatic heterocycles. The highest BCUT2D eigenvalue weighted by molar-refractivity contribution is 6.05. The molecule has 8 nitrogen and oxygen atoms in total. The first-order chi connectivity index (χ1) is 12.8. The summed E-state index contributed by atoms with van der Waals surface area (Å²) in [6, 6.07) is 7.93. The minimum Gasteiger partial charge on any atom is -0.493 e. The molecule has 2 N–H and O–H groups in total. The van der Waals surface area contributed by atoms with Crippen LogP contribution in [0.15, 0.2) is 36.4 Å². The molecule has 0 saturated heterocycles. The van der Waals surface area contributed by atoms with E-state index in [-0.39, 0.29) is 34.1 Å². The van der Waals surface area contributed by atoms with E-state index in [2.05, 4.69) is 15.4 Å². The molecule has 0 bridgehead atoms. The Morgan fingerprint density at radius 3 is 2.56 bits per heavy atom. The number of halogens is 2. The third-order valence-electron chi connectivity index (χ3n) is 3.46. The molecule has 10 heteroatoms. The van der Waals surface area contributed by atoms with E-state index in [1.807, 2.05) is 0 Å². The van der Waals surface area contributed by atoms with Crippen LogP contribution in [0, 0.1) is 10.1 Å². The second-order valence-electron chi connectivity index (χ2n) is 5.22. The number of ether oxygens (including phenoxy) is 2. The van der Waals surface area contributed by atoms with Gasteiger partial charge < -0.3 is 20.1 Å². The maximum Gasteiger partial charge on any atom is 0.387 e. The molecule has 0 aliphatic rings. The third-order valence-corrected chi connectivity index (χ3v) is 3.46. The molecular formula is C17H17F2N3O5. The minimum absolute atomic E-state index is 0.0375. The van der Waals surface area contributed by atoms with Crippen LogP contribution in [0.3, 0.4) is 0 Å². The molecule has 1 amide bonds. The third kappa shape index (κ3) is 5.03. The summed E-state index contributed by atoms with van der Waals surface area (Å²) in [6.07, 6.45) is 0. The summed E-state index contributed by atoms with van der Waals surface area (Å²) >= 11 is 0. The van der Waals surface area contributed by atoms with Crippen LogP contribution in [-0.2, 0) is 0 Å². The number of anilines is 2. The fourth-order valence-electron chi connectivity index (χ4n) is 2.31. The average Bonchev–Trinajstić information content (AvgIpc) is 2.61. The molecule has 27 heavy (non-hydrogen) atoms. The summed E-state index contributed by atoms with van der Waals surface area (Å²) in [5.74, 6) is -0.827. The number of nitrogens with zero attached hydrogens (tertiary/aromatic N) is 1. The predicted octanol–water partition coefficient (Wildman–Crippen LogP) is 3.89. The zero-order valence-electron chi connectivity index (χ0n) is 14.5. The van der Waals surface area contributed by atoms with Crippen molar-refractivity contribution in [3.8, 4) is 11.5 Å². The topological polar surface area (TPSA) is 103 Å². The lowest BCUT2D eigenvalue weighted by atomic mass is 10.1. The van der Waals surface area contributed by atoms with E-state index in [1.54, 1.807) is 6.92 Å². The van der Waals surface area contributed by atoms with E-state index in [4.69, 9.17) is 4.74 Å². The van der Waals surface area contributed by atoms with Gasteiger partial charge >= 0.3 is 6.61 Å². The number of alkyl halides is 2. The van der Waals surface area contributed by atoms with Crippen molar-refractivity contribution in [3.63, 3.8) is 0 Å². The van der Waals surface area contributed by atoms with Crippen LogP contribution in [0.5, 0.6) is 11.5 Å². The number of methoxy groups -OCH3 is 1. The molecule has 2 aromatic rings. The van der Waals surface area contributed by atoms with E-state index in [0.717, 1.165) is 6.07 Å². The summed E-state index contributed by atoms with van der Waals surface area (Å²) in [7, 11) is 1.29. The second kappa shape index (κ2) is 8.79. The molecule has 0 atom stereocenters. The fraction of sp³-hybridized carbons (Fsp3) is 0.235. The number of nitro benzene ring substituents is 1. The molecule has 144 valence electrons. The Labute approximate surface area is 153 Å². The maximum atomic E-state index is 12.5. The lowest BCUT2D eigenvalue weighted by Gasteiger charge is -2.12. The quantitative estimate of drug-likeness (QED) is 0.531. The first-order valence-electron chi connectivity index (χ1n) is 7.82. The Balaban J connectivity index is 2.26. The summed E-state index contributed by atoms with van der Waals surface area (Å²) in [6.45, 7) is -0.802. The first-order valence-corrected chi connectivity index (χ1v) is 7.82.